The smallest absolute Gasteiger partial charge is 0.303 e. The van der Waals surface area contributed by atoms with Gasteiger partial charge in [-0.3, -0.25) is 14.4 Å². The lowest BCUT2D eigenvalue weighted by atomic mass is 10.1. The van der Waals surface area contributed by atoms with Crippen LogP contribution in [-0.4, -0.2) is 35.5 Å². The van der Waals surface area contributed by atoms with E-state index in [9.17, 15) is 14.4 Å². The summed E-state index contributed by atoms with van der Waals surface area (Å²) < 4.78 is 5.60. The van der Waals surface area contributed by atoms with Gasteiger partial charge in [-0.1, -0.05) is 6.92 Å². The molecule has 1 aromatic carbocycles. The van der Waals surface area contributed by atoms with E-state index in [0.717, 1.165) is 6.42 Å². The van der Waals surface area contributed by atoms with Crippen LogP contribution in [0.4, 0.5) is 11.4 Å². The summed E-state index contributed by atoms with van der Waals surface area (Å²) in [5.41, 5.74) is 1.19. The summed E-state index contributed by atoms with van der Waals surface area (Å²) in [6.07, 6.45) is -0.0642. The van der Waals surface area contributed by atoms with Crippen molar-refractivity contribution >= 4 is 29.2 Å². The molecule has 7 nitrogen and oxygen atoms in total. The molecular formula is C16H20N2O5. The summed E-state index contributed by atoms with van der Waals surface area (Å²) in [7, 11) is 0. The maximum Gasteiger partial charge on any atom is 0.303 e. The van der Waals surface area contributed by atoms with E-state index in [0.29, 0.717) is 23.7 Å². The van der Waals surface area contributed by atoms with E-state index in [1.54, 1.807) is 30.0 Å². The highest BCUT2D eigenvalue weighted by Crippen LogP contribution is 2.36. The average molecular weight is 320 g/mol. The molecule has 1 heterocycles. The Balaban J connectivity index is 2.15. The molecule has 0 bridgehead atoms. The Morgan fingerprint density at radius 2 is 2.09 bits per heavy atom. The number of fused-ring (bicyclic) bond motifs is 1. The van der Waals surface area contributed by atoms with Crippen molar-refractivity contribution in [1.29, 1.82) is 0 Å². The highest BCUT2D eigenvalue weighted by atomic mass is 16.5. The number of carboxylic acids is 1. The van der Waals surface area contributed by atoms with Crippen LogP contribution in [0, 0.1) is 0 Å². The molecule has 0 spiro atoms. The zero-order valence-corrected chi connectivity index (χ0v) is 13.2. The molecule has 2 N–H and O–H groups in total. The van der Waals surface area contributed by atoms with Gasteiger partial charge >= 0.3 is 5.97 Å². The van der Waals surface area contributed by atoms with Crippen molar-refractivity contribution in [1.82, 2.24) is 0 Å². The summed E-state index contributed by atoms with van der Waals surface area (Å²) in [4.78, 5) is 36.0. The van der Waals surface area contributed by atoms with Crippen molar-refractivity contribution in [3.8, 4) is 5.75 Å². The average Bonchev–Trinajstić information content (AvgIpc) is 2.50. The summed E-state index contributed by atoms with van der Waals surface area (Å²) >= 11 is 0. The van der Waals surface area contributed by atoms with Gasteiger partial charge in [0.05, 0.1) is 12.1 Å². The van der Waals surface area contributed by atoms with Gasteiger partial charge in [-0.05, 0) is 25.5 Å². The first-order valence-electron chi connectivity index (χ1n) is 7.56. The number of amides is 2. The van der Waals surface area contributed by atoms with E-state index >= 15 is 0 Å². The number of nitrogens with zero attached hydrogens (tertiary/aromatic N) is 1. The number of ether oxygens (including phenoxy) is 1. The third kappa shape index (κ3) is 4.00. The lowest BCUT2D eigenvalue weighted by Gasteiger charge is -2.33. The molecule has 7 heteroatoms. The number of anilines is 2. The second-order valence-electron chi connectivity index (χ2n) is 5.37. The van der Waals surface area contributed by atoms with E-state index in [4.69, 9.17) is 9.84 Å². The highest BCUT2D eigenvalue weighted by molar-refractivity contribution is 6.00. The summed E-state index contributed by atoms with van der Waals surface area (Å²) in [6, 6.07) is 5.05. The third-order valence-corrected chi connectivity index (χ3v) is 3.47. The molecule has 2 amide bonds. The number of benzene rings is 1. The standard InChI is InChI=1S/C16H20N2O5/c1-3-8-18-12-5-4-11(17-14(19)6-7-15(20)21)9-13(12)23-10(2)16(18)22/h4-5,9-10H,3,6-8H2,1-2H3,(H,17,19)(H,20,21). The van der Waals surface area contributed by atoms with E-state index in [1.165, 1.54) is 0 Å². The predicted octanol–water partition coefficient (Wildman–Crippen LogP) is 2.01. The van der Waals surface area contributed by atoms with Crippen LogP contribution in [0.5, 0.6) is 5.75 Å². The molecule has 1 aliphatic rings. The van der Waals surface area contributed by atoms with Crippen molar-refractivity contribution in [2.75, 3.05) is 16.8 Å². The number of carbonyl (C=O) groups is 3. The topological polar surface area (TPSA) is 95.9 Å². The normalized spacial score (nSPS) is 16.5. The van der Waals surface area contributed by atoms with Crippen LogP contribution in [0.1, 0.15) is 33.1 Å². The van der Waals surface area contributed by atoms with Crippen LogP contribution < -0.4 is 15.0 Å². The largest absolute Gasteiger partial charge is 0.481 e. The van der Waals surface area contributed by atoms with Crippen LogP contribution in [0.3, 0.4) is 0 Å². The summed E-state index contributed by atoms with van der Waals surface area (Å²) in [5, 5.41) is 11.2. The molecule has 2 rings (SSSR count). The van der Waals surface area contributed by atoms with Crippen LogP contribution >= 0.6 is 0 Å². The monoisotopic (exact) mass is 320 g/mol. The second-order valence-corrected chi connectivity index (χ2v) is 5.37. The zero-order valence-electron chi connectivity index (χ0n) is 13.2. The second kappa shape index (κ2) is 7.13. The number of rotatable bonds is 6. The molecule has 1 aromatic rings. The molecule has 0 saturated heterocycles. The maximum atomic E-state index is 12.2. The number of nitrogens with one attached hydrogen (secondary N) is 1. The molecule has 1 aliphatic heterocycles. The highest BCUT2D eigenvalue weighted by Gasteiger charge is 2.31. The first-order chi connectivity index (χ1) is 10.9. The fourth-order valence-electron chi connectivity index (χ4n) is 2.39. The Hall–Kier alpha value is -2.57. The lowest BCUT2D eigenvalue weighted by molar-refractivity contribution is -0.138. The van der Waals surface area contributed by atoms with Gasteiger partial charge < -0.3 is 20.1 Å². The van der Waals surface area contributed by atoms with Crippen LogP contribution in [0.2, 0.25) is 0 Å². The van der Waals surface area contributed by atoms with Crippen LogP contribution in [0.15, 0.2) is 18.2 Å². The first-order valence-corrected chi connectivity index (χ1v) is 7.56. The van der Waals surface area contributed by atoms with E-state index in [1.807, 2.05) is 6.92 Å². The summed E-state index contributed by atoms with van der Waals surface area (Å²) in [6.45, 7) is 4.28. The Labute approximate surface area is 134 Å². The molecular weight excluding hydrogens is 300 g/mol. The molecule has 0 fully saturated rings. The lowest BCUT2D eigenvalue weighted by Crippen LogP contribution is -2.44. The maximum absolute atomic E-state index is 12.2. The van der Waals surface area contributed by atoms with Gasteiger partial charge in [-0.15, -0.1) is 0 Å². The SMILES string of the molecule is CCCN1C(=O)C(C)Oc2cc(NC(=O)CCC(=O)O)ccc21. The quantitative estimate of drug-likeness (QED) is 0.836. The van der Waals surface area contributed by atoms with Crippen molar-refractivity contribution in [2.24, 2.45) is 0 Å². The fourth-order valence-corrected chi connectivity index (χ4v) is 2.39. The molecule has 0 radical (unpaired) electrons. The molecule has 1 atom stereocenters. The third-order valence-electron chi connectivity index (χ3n) is 3.47. The van der Waals surface area contributed by atoms with Gasteiger partial charge in [-0.2, -0.15) is 0 Å². The number of carbonyl (C=O) groups excluding carboxylic acids is 2. The van der Waals surface area contributed by atoms with E-state index < -0.39 is 12.1 Å². The summed E-state index contributed by atoms with van der Waals surface area (Å²) in [5.74, 6) is -0.951. The van der Waals surface area contributed by atoms with E-state index in [-0.39, 0.29) is 24.7 Å². The van der Waals surface area contributed by atoms with E-state index in [2.05, 4.69) is 5.32 Å². The van der Waals surface area contributed by atoms with Crippen molar-refractivity contribution in [2.45, 2.75) is 39.2 Å². The van der Waals surface area contributed by atoms with Crippen LogP contribution in [0.25, 0.3) is 0 Å². The number of aliphatic carboxylic acids is 1. The number of hydrogen-bond donors (Lipinski definition) is 2. The van der Waals surface area contributed by atoms with Gasteiger partial charge in [0.1, 0.15) is 5.75 Å². The van der Waals surface area contributed by atoms with Crippen LogP contribution in [-0.2, 0) is 14.4 Å². The van der Waals surface area contributed by atoms with Crippen molar-refractivity contribution in [3.63, 3.8) is 0 Å². The predicted molar refractivity (Wildman–Crippen MR) is 84.7 cm³/mol. The molecule has 0 aromatic heterocycles. The zero-order chi connectivity index (χ0) is 17.0. The Morgan fingerprint density at radius 3 is 2.74 bits per heavy atom. The molecule has 1 unspecified atom stereocenters. The minimum absolute atomic E-state index is 0.0856. The molecule has 124 valence electrons. The van der Waals surface area contributed by atoms with Gasteiger partial charge in [0.2, 0.25) is 5.91 Å². The van der Waals surface area contributed by atoms with Crippen molar-refractivity contribution < 1.29 is 24.2 Å². The van der Waals surface area contributed by atoms with Gasteiger partial charge in [-0.25, -0.2) is 0 Å². The van der Waals surface area contributed by atoms with Gasteiger partial charge in [0.15, 0.2) is 6.10 Å². The van der Waals surface area contributed by atoms with Gasteiger partial charge in [0, 0.05) is 24.7 Å². The Bertz CT molecular complexity index is 629. The Kier molecular flexibility index (Phi) is 5.20. The molecule has 23 heavy (non-hydrogen) atoms. The van der Waals surface area contributed by atoms with Gasteiger partial charge in [0.25, 0.3) is 5.91 Å². The number of carboxylic acid groups (broad SMARTS) is 1. The number of hydrogen-bond acceptors (Lipinski definition) is 4. The minimum atomic E-state index is -1.02. The fraction of sp³-hybridized carbons (Fsp3) is 0.438. The minimum Gasteiger partial charge on any atom is -0.481 e. The molecule has 0 aliphatic carbocycles. The Morgan fingerprint density at radius 1 is 1.35 bits per heavy atom. The molecule has 0 saturated carbocycles. The first kappa shape index (κ1) is 16.8. The van der Waals surface area contributed by atoms with Crippen molar-refractivity contribution in [3.05, 3.63) is 18.2 Å².